The third-order valence-corrected chi connectivity index (χ3v) is 9.54. The van der Waals surface area contributed by atoms with Crippen molar-refractivity contribution in [2.45, 2.75) is 65.2 Å². The van der Waals surface area contributed by atoms with Gasteiger partial charge in [0, 0.05) is 49.2 Å². The highest BCUT2D eigenvalue weighted by atomic mass is 35.5. The number of primary amides is 1. The summed E-state index contributed by atoms with van der Waals surface area (Å²) in [6.45, 7) is 11.4. The number of amides is 1. The molecule has 4 rings (SSSR count). The minimum absolute atomic E-state index is 0.0130. The first-order chi connectivity index (χ1) is 21.2. The van der Waals surface area contributed by atoms with Crippen LogP contribution in [0.1, 0.15) is 80.3 Å². The van der Waals surface area contributed by atoms with Gasteiger partial charge in [0.25, 0.3) is 0 Å². The number of rotatable bonds is 14. The van der Waals surface area contributed by atoms with Gasteiger partial charge in [-0.05, 0) is 97.4 Å². The van der Waals surface area contributed by atoms with Crippen molar-refractivity contribution in [3.8, 4) is 5.75 Å². The van der Waals surface area contributed by atoms with Crippen molar-refractivity contribution in [3.63, 3.8) is 0 Å². The molecule has 1 heterocycles. The Labute approximate surface area is 268 Å². The molecule has 7 nitrogen and oxygen atoms in total. The Bertz CT molecular complexity index is 1280. The van der Waals surface area contributed by atoms with Gasteiger partial charge in [0.1, 0.15) is 12.5 Å². The van der Waals surface area contributed by atoms with E-state index >= 15 is 0 Å². The standard InChI is InChI=1S/C35H47ClN2O4.CH2O/c1-5-7-25-18-29(36)12-14-30(25)28-21-38(32-19-26(35(37)40)11-15-34(32)42-22-28)20-27-10-13-31(27)33(39)9-6-8-23(2)24(3)16-17-41-4;1-2/h6,9,11-12,14-15,18-19,23-24,27-28,31H,5,7-8,10,13,16-17,20-22H2,1-4H3,(H2,37,40);1H2/b9-6+;. The van der Waals surface area contributed by atoms with Crippen LogP contribution in [0.3, 0.4) is 0 Å². The van der Waals surface area contributed by atoms with Crippen molar-refractivity contribution >= 4 is 35.8 Å². The smallest absolute Gasteiger partial charge is 0.248 e. The highest BCUT2D eigenvalue weighted by Crippen LogP contribution is 2.41. The number of hydrogen-bond acceptors (Lipinski definition) is 6. The molecule has 2 N–H and O–H groups in total. The van der Waals surface area contributed by atoms with E-state index in [-0.39, 0.29) is 23.5 Å². The van der Waals surface area contributed by atoms with E-state index in [4.69, 9.17) is 31.6 Å². The SMILES string of the molecule is C=O.CCCc1cc(Cl)ccc1C1COc2ccc(C(N)=O)cc2N(CC2CCC2C(=O)/C=C/CC(C)C(C)CCOC)C1. The van der Waals surface area contributed by atoms with E-state index in [1.54, 1.807) is 13.2 Å². The maximum absolute atomic E-state index is 13.3. The van der Waals surface area contributed by atoms with Gasteiger partial charge in [-0.25, -0.2) is 0 Å². The Balaban J connectivity index is 0.00000259. The zero-order valence-corrected chi connectivity index (χ0v) is 27.5. The van der Waals surface area contributed by atoms with Gasteiger partial charge < -0.3 is 24.9 Å². The van der Waals surface area contributed by atoms with E-state index in [9.17, 15) is 9.59 Å². The molecule has 0 bridgehead atoms. The Morgan fingerprint density at radius 2 is 1.93 bits per heavy atom. The second-order valence-electron chi connectivity index (χ2n) is 12.3. The van der Waals surface area contributed by atoms with Crippen LogP contribution in [-0.2, 0) is 20.7 Å². The number of nitrogens with zero attached hydrogens (tertiary/aromatic N) is 1. The predicted molar refractivity (Wildman–Crippen MR) is 178 cm³/mol. The van der Waals surface area contributed by atoms with Gasteiger partial charge in [0.2, 0.25) is 5.91 Å². The van der Waals surface area contributed by atoms with Crippen molar-refractivity contribution in [2.75, 3.05) is 38.3 Å². The summed E-state index contributed by atoms with van der Waals surface area (Å²) in [6.07, 6.45) is 9.68. The quantitative estimate of drug-likeness (QED) is 0.226. The number of allylic oxidation sites excluding steroid dienone is 2. The van der Waals surface area contributed by atoms with Crippen molar-refractivity contribution in [1.82, 2.24) is 0 Å². The van der Waals surface area contributed by atoms with Gasteiger partial charge in [0.15, 0.2) is 5.78 Å². The van der Waals surface area contributed by atoms with E-state index in [2.05, 4.69) is 43.9 Å². The minimum atomic E-state index is -0.464. The molecular weight excluding hydrogens is 576 g/mol. The van der Waals surface area contributed by atoms with Gasteiger partial charge in [0.05, 0.1) is 12.3 Å². The highest BCUT2D eigenvalue weighted by molar-refractivity contribution is 6.30. The molecule has 1 amide bonds. The normalized spacial score (nSPS) is 20.8. The summed E-state index contributed by atoms with van der Waals surface area (Å²) in [5, 5.41) is 0.741. The summed E-state index contributed by atoms with van der Waals surface area (Å²) in [5.74, 6) is 1.91. The molecule has 1 fully saturated rings. The molecule has 1 aliphatic heterocycles. The summed E-state index contributed by atoms with van der Waals surface area (Å²) in [7, 11) is 1.74. The number of fused-ring (bicyclic) bond motifs is 1. The first kappa shape index (κ1) is 35.3. The first-order valence-corrected chi connectivity index (χ1v) is 16.2. The molecule has 0 aromatic heterocycles. The van der Waals surface area contributed by atoms with E-state index in [1.807, 2.05) is 31.1 Å². The van der Waals surface area contributed by atoms with E-state index in [0.717, 1.165) is 74.7 Å². The number of ketones is 1. The van der Waals surface area contributed by atoms with E-state index < -0.39 is 5.91 Å². The van der Waals surface area contributed by atoms with Crippen molar-refractivity contribution in [1.29, 1.82) is 0 Å². The topological polar surface area (TPSA) is 98.9 Å². The van der Waals surface area contributed by atoms with Crippen LogP contribution in [0.4, 0.5) is 5.69 Å². The van der Waals surface area contributed by atoms with Gasteiger partial charge in [-0.2, -0.15) is 0 Å². The van der Waals surface area contributed by atoms with Crippen LogP contribution in [0.5, 0.6) is 5.75 Å². The van der Waals surface area contributed by atoms with Crippen LogP contribution in [0.25, 0.3) is 0 Å². The minimum Gasteiger partial charge on any atom is -0.491 e. The lowest BCUT2D eigenvalue weighted by molar-refractivity contribution is -0.122. The molecule has 2 aromatic rings. The zero-order chi connectivity index (χ0) is 32.2. The molecule has 2 aromatic carbocycles. The number of aryl methyl sites for hydroxylation is 1. The van der Waals surface area contributed by atoms with Crippen LogP contribution in [0.15, 0.2) is 48.6 Å². The summed E-state index contributed by atoms with van der Waals surface area (Å²) in [6, 6.07) is 11.6. The molecule has 240 valence electrons. The van der Waals surface area contributed by atoms with Gasteiger partial charge >= 0.3 is 0 Å². The summed E-state index contributed by atoms with van der Waals surface area (Å²) in [5.41, 5.74) is 9.47. The number of carbonyl (C=O) groups excluding carboxylic acids is 3. The zero-order valence-electron chi connectivity index (χ0n) is 26.7. The van der Waals surface area contributed by atoms with Gasteiger partial charge in [-0.15, -0.1) is 0 Å². The maximum atomic E-state index is 13.3. The molecule has 1 aliphatic carbocycles. The Hall–Kier alpha value is -3.16. The largest absolute Gasteiger partial charge is 0.491 e. The lowest BCUT2D eigenvalue weighted by Gasteiger charge is -2.40. The van der Waals surface area contributed by atoms with Crippen molar-refractivity contribution in [3.05, 3.63) is 70.3 Å². The fourth-order valence-corrected chi connectivity index (χ4v) is 6.45. The summed E-state index contributed by atoms with van der Waals surface area (Å²) >= 11 is 6.37. The molecule has 0 radical (unpaired) electrons. The molecule has 5 atom stereocenters. The average molecular weight is 625 g/mol. The third kappa shape index (κ3) is 9.18. The molecule has 1 saturated carbocycles. The third-order valence-electron chi connectivity index (χ3n) is 9.31. The highest BCUT2D eigenvalue weighted by Gasteiger charge is 2.38. The molecule has 0 spiro atoms. The average Bonchev–Trinajstić information content (AvgIpc) is 3.18. The number of methoxy groups -OCH3 is 1. The number of anilines is 1. The molecule has 5 unspecified atom stereocenters. The predicted octanol–water partition coefficient (Wildman–Crippen LogP) is 7.04. The molecule has 8 heteroatoms. The Kier molecular flexibility index (Phi) is 13.9. The van der Waals surface area contributed by atoms with Crippen LogP contribution >= 0.6 is 11.6 Å². The monoisotopic (exact) mass is 624 g/mol. The second kappa shape index (κ2) is 17.4. The number of ether oxygens (including phenoxy) is 2. The van der Waals surface area contributed by atoms with E-state index in [1.165, 1.54) is 11.1 Å². The Morgan fingerprint density at radius 3 is 2.59 bits per heavy atom. The van der Waals surface area contributed by atoms with Crippen LogP contribution < -0.4 is 15.4 Å². The number of benzene rings is 2. The lowest BCUT2D eigenvalue weighted by atomic mass is 9.70. The van der Waals surface area contributed by atoms with Crippen LogP contribution in [0, 0.1) is 23.7 Å². The van der Waals surface area contributed by atoms with Gasteiger partial charge in [-0.3, -0.25) is 9.59 Å². The number of nitrogens with two attached hydrogens (primary N) is 1. The summed E-state index contributed by atoms with van der Waals surface area (Å²) in [4.78, 5) is 35.7. The molecule has 2 aliphatic rings. The number of carbonyl (C=O) groups is 3. The molecule has 44 heavy (non-hydrogen) atoms. The summed E-state index contributed by atoms with van der Waals surface area (Å²) < 4.78 is 11.6. The van der Waals surface area contributed by atoms with Gasteiger partial charge in [-0.1, -0.05) is 50.9 Å². The maximum Gasteiger partial charge on any atom is 0.248 e. The molecular formula is C36H49ClN2O5. The second-order valence-corrected chi connectivity index (χ2v) is 12.7. The van der Waals surface area contributed by atoms with Crippen LogP contribution in [0.2, 0.25) is 5.02 Å². The Morgan fingerprint density at radius 1 is 1.16 bits per heavy atom. The van der Waals surface area contributed by atoms with E-state index in [0.29, 0.717) is 24.0 Å². The van der Waals surface area contributed by atoms with Crippen molar-refractivity contribution < 1.29 is 23.9 Å². The number of hydrogen-bond donors (Lipinski definition) is 1. The fourth-order valence-electron chi connectivity index (χ4n) is 6.25. The van der Waals surface area contributed by atoms with Crippen molar-refractivity contribution in [2.24, 2.45) is 29.4 Å². The first-order valence-electron chi connectivity index (χ1n) is 15.8. The molecule has 0 saturated heterocycles. The lowest BCUT2D eigenvalue weighted by Crippen LogP contribution is -2.42. The fraction of sp³-hybridized carbons (Fsp3) is 0.528. The number of halogens is 1. The van der Waals surface area contributed by atoms with Crippen LogP contribution in [-0.4, -0.2) is 51.9 Å².